The molecular weight excluding hydrogens is 216 g/mol. The molecule has 0 saturated heterocycles. The molecule has 0 radical (unpaired) electrons. The van der Waals surface area contributed by atoms with E-state index in [1.54, 1.807) is 37.5 Å². The van der Waals surface area contributed by atoms with Crippen LogP contribution in [0.2, 0.25) is 0 Å². The third-order valence-electron chi connectivity index (χ3n) is 2.27. The van der Waals surface area contributed by atoms with Gasteiger partial charge in [-0.25, -0.2) is 0 Å². The summed E-state index contributed by atoms with van der Waals surface area (Å²) in [7, 11) is 0. The van der Waals surface area contributed by atoms with Crippen molar-refractivity contribution in [3.8, 4) is 6.07 Å². The minimum Gasteiger partial charge on any atom is -0.337 e. The van der Waals surface area contributed by atoms with Gasteiger partial charge < -0.3 is 5.32 Å². The van der Waals surface area contributed by atoms with Gasteiger partial charge in [-0.05, 0) is 25.1 Å². The molecule has 2 rings (SSSR count). The van der Waals surface area contributed by atoms with E-state index >= 15 is 0 Å². The number of hydrogen-bond donors (Lipinski definition) is 1. The first kappa shape index (κ1) is 11.0. The zero-order valence-electron chi connectivity index (χ0n) is 9.21. The highest BCUT2D eigenvalue weighted by Crippen LogP contribution is 2.10. The molecule has 5 heteroatoms. The Balaban J connectivity index is 2.31. The van der Waals surface area contributed by atoms with Crippen molar-refractivity contribution in [2.24, 2.45) is 0 Å². The Kier molecular flexibility index (Phi) is 2.97. The number of carbonyl (C=O) groups is 1. The molecule has 0 aliphatic heterocycles. The number of hydrogen-bond acceptors (Lipinski definition) is 4. The molecule has 1 atom stereocenters. The Labute approximate surface area is 98.1 Å². The number of nitrogens with one attached hydrogen (secondary N) is 1. The summed E-state index contributed by atoms with van der Waals surface area (Å²) in [6.07, 6.45) is 3.17. The van der Waals surface area contributed by atoms with Gasteiger partial charge >= 0.3 is 0 Å². The zero-order valence-corrected chi connectivity index (χ0v) is 9.21. The second kappa shape index (κ2) is 4.58. The highest BCUT2D eigenvalue weighted by atomic mass is 16.1. The fraction of sp³-hybridized carbons (Fsp3) is 0.167. The molecule has 1 aromatic carbocycles. The number of nitrogens with zero attached hydrogens (tertiary/aromatic N) is 3. The van der Waals surface area contributed by atoms with E-state index in [0.29, 0.717) is 11.1 Å². The molecule has 0 spiro atoms. The average Bonchev–Trinajstić information content (AvgIpc) is 2.38. The maximum absolute atomic E-state index is 11.7. The highest BCUT2D eigenvalue weighted by Gasteiger charge is 2.09. The molecular formula is C12H10N4O. The molecule has 0 aliphatic carbocycles. The van der Waals surface area contributed by atoms with E-state index in [1.807, 2.05) is 6.07 Å². The van der Waals surface area contributed by atoms with E-state index in [4.69, 9.17) is 5.26 Å². The van der Waals surface area contributed by atoms with E-state index < -0.39 is 6.04 Å². The number of fused-ring (bicyclic) bond motifs is 1. The molecule has 0 fully saturated rings. The lowest BCUT2D eigenvalue weighted by atomic mass is 10.1. The summed E-state index contributed by atoms with van der Waals surface area (Å²) < 4.78 is 0. The van der Waals surface area contributed by atoms with Crippen molar-refractivity contribution in [1.29, 1.82) is 5.26 Å². The van der Waals surface area contributed by atoms with Gasteiger partial charge in [-0.3, -0.25) is 14.8 Å². The fourth-order valence-corrected chi connectivity index (χ4v) is 1.42. The van der Waals surface area contributed by atoms with Gasteiger partial charge in [0.2, 0.25) is 0 Å². The Morgan fingerprint density at radius 1 is 1.35 bits per heavy atom. The SMILES string of the molecule is CC(C#N)NC(=O)c1ccc2nccnc2c1. The van der Waals surface area contributed by atoms with Crippen molar-refractivity contribution in [3.05, 3.63) is 36.2 Å². The van der Waals surface area contributed by atoms with E-state index in [2.05, 4.69) is 15.3 Å². The number of rotatable bonds is 2. The quantitative estimate of drug-likeness (QED) is 0.836. The highest BCUT2D eigenvalue weighted by molar-refractivity contribution is 5.97. The molecule has 1 unspecified atom stereocenters. The summed E-state index contributed by atoms with van der Waals surface area (Å²) in [5.74, 6) is -0.286. The van der Waals surface area contributed by atoms with Gasteiger partial charge in [0.15, 0.2) is 0 Å². The van der Waals surface area contributed by atoms with Crippen LogP contribution in [0.1, 0.15) is 17.3 Å². The molecule has 1 N–H and O–H groups in total. The molecule has 5 nitrogen and oxygen atoms in total. The second-order valence-corrected chi connectivity index (χ2v) is 3.58. The monoisotopic (exact) mass is 226 g/mol. The predicted molar refractivity (Wildman–Crippen MR) is 62.1 cm³/mol. The molecule has 0 aliphatic rings. The first-order chi connectivity index (χ1) is 8.20. The molecule has 1 amide bonds. The summed E-state index contributed by atoms with van der Waals surface area (Å²) in [4.78, 5) is 20.0. The van der Waals surface area contributed by atoms with Crippen LogP contribution < -0.4 is 5.32 Å². The summed E-state index contributed by atoms with van der Waals surface area (Å²) in [6.45, 7) is 1.62. The topological polar surface area (TPSA) is 78.7 Å². The van der Waals surface area contributed by atoms with E-state index in [1.165, 1.54) is 0 Å². The summed E-state index contributed by atoms with van der Waals surface area (Å²) >= 11 is 0. The van der Waals surface area contributed by atoms with Crippen molar-refractivity contribution in [1.82, 2.24) is 15.3 Å². The Morgan fingerprint density at radius 2 is 2.06 bits per heavy atom. The molecule has 17 heavy (non-hydrogen) atoms. The minimum atomic E-state index is -0.514. The third-order valence-corrected chi connectivity index (χ3v) is 2.27. The van der Waals surface area contributed by atoms with Gasteiger partial charge in [-0.2, -0.15) is 5.26 Å². The second-order valence-electron chi connectivity index (χ2n) is 3.58. The predicted octanol–water partition coefficient (Wildman–Crippen LogP) is 1.27. The first-order valence-electron chi connectivity index (χ1n) is 5.12. The largest absolute Gasteiger partial charge is 0.337 e. The lowest BCUT2D eigenvalue weighted by Gasteiger charge is -2.06. The van der Waals surface area contributed by atoms with Crippen molar-refractivity contribution >= 4 is 16.9 Å². The molecule has 0 bridgehead atoms. The maximum atomic E-state index is 11.7. The van der Waals surface area contributed by atoms with Crippen LogP contribution in [0.3, 0.4) is 0 Å². The van der Waals surface area contributed by atoms with Crippen LogP contribution in [0.4, 0.5) is 0 Å². The van der Waals surface area contributed by atoms with Crippen LogP contribution in [0.25, 0.3) is 11.0 Å². The van der Waals surface area contributed by atoms with Gasteiger partial charge in [-0.15, -0.1) is 0 Å². The molecule has 1 aromatic heterocycles. The van der Waals surface area contributed by atoms with Crippen LogP contribution >= 0.6 is 0 Å². The summed E-state index contributed by atoms with van der Waals surface area (Å²) in [6, 6.07) is 6.48. The zero-order chi connectivity index (χ0) is 12.3. The van der Waals surface area contributed by atoms with Gasteiger partial charge in [0, 0.05) is 18.0 Å². The molecule has 2 aromatic rings. The number of amides is 1. The van der Waals surface area contributed by atoms with Crippen molar-refractivity contribution < 1.29 is 4.79 Å². The van der Waals surface area contributed by atoms with Gasteiger partial charge in [-0.1, -0.05) is 0 Å². The number of aromatic nitrogens is 2. The first-order valence-corrected chi connectivity index (χ1v) is 5.12. The normalized spacial score (nSPS) is 11.8. The third kappa shape index (κ3) is 2.37. The van der Waals surface area contributed by atoms with Crippen molar-refractivity contribution in [3.63, 3.8) is 0 Å². The number of benzene rings is 1. The minimum absolute atomic E-state index is 0.286. The van der Waals surface area contributed by atoms with E-state index in [0.717, 1.165) is 5.52 Å². The van der Waals surface area contributed by atoms with Gasteiger partial charge in [0.25, 0.3) is 5.91 Å². The van der Waals surface area contributed by atoms with Crippen LogP contribution in [0, 0.1) is 11.3 Å². The van der Waals surface area contributed by atoms with Crippen LogP contribution in [-0.2, 0) is 0 Å². The lowest BCUT2D eigenvalue weighted by molar-refractivity contribution is 0.0948. The molecule has 1 heterocycles. The maximum Gasteiger partial charge on any atom is 0.252 e. The van der Waals surface area contributed by atoms with Crippen molar-refractivity contribution in [2.75, 3.05) is 0 Å². The van der Waals surface area contributed by atoms with Crippen LogP contribution in [-0.4, -0.2) is 21.9 Å². The molecule has 0 saturated carbocycles. The van der Waals surface area contributed by atoms with Gasteiger partial charge in [0.05, 0.1) is 17.1 Å². The van der Waals surface area contributed by atoms with E-state index in [-0.39, 0.29) is 5.91 Å². The Bertz CT molecular complexity index is 603. The van der Waals surface area contributed by atoms with Crippen LogP contribution in [0.5, 0.6) is 0 Å². The van der Waals surface area contributed by atoms with Gasteiger partial charge in [0.1, 0.15) is 6.04 Å². The van der Waals surface area contributed by atoms with E-state index in [9.17, 15) is 4.79 Å². The summed E-state index contributed by atoms with van der Waals surface area (Å²) in [5.41, 5.74) is 1.86. The van der Waals surface area contributed by atoms with Crippen molar-refractivity contribution in [2.45, 2.75) is 13.0 Å². The standard InChI is InChI=1S/C12H10N4O/c1-8(7-13)16-12(17)9-2-3-10-11(6-9)15-5-4-14-10/h2-6,8H,1H3,(H,16,17). The summed E-state index contributed by atoms with van der Waals surface area (Å²) in [5, 5.41) is 11.2. The number of carbonyl (C=O) groups excluding carboxylic acids is 1. The fourth-order valence-electron chi connectivity index (χ4n) is 1.42. The average molecular weight is 226 g/mol. The molecule has 84 valence electrons. The smallest absolute Gasteiger partial charge is 0.252 e. The Morgan fingerprint density at radius 3 is 2.76 bits per heavy atom. The Hall–Kier alpha value is -2.48. The lowest BCUT2D eigenvalue weighted by Crippen LogP contribution is -2.31. The number of nitriles is 1. The van der Waals surface area contributed by atoms with Crippen LogP contribution in [0.15, 0.2) is 30.6 Å².